The molecule has 0 fully saturated rings. The first-order chi connectivity index (χ1) is 20.7. The minimum atomic E-state index is -0.517. The molecule has 0 N–H and O–H groups in total. The number of hydrogen-bond donors (Lipinski definition) is 0. The third kappa shape index (κ3) is 10.0. The molecule has 0 aliphatic carbocycles. The largest absolute Gasteiger partial charge is 0.355 e. The normalized spacial score (nSPS) is 10.4. The van der Waals surface area contributed by atoms with Crippen molar-refractivity contribution < 1.29 is 19.4 Å². The van der Waals surface area contributed by atoms with Gasteiger partial charge in [0.25, 0.3) is 0 Å². The molecule has 0 spiro atoms. The van der Waals surface area contributed by atoms with Crippen LogP contribution in [0.3, 0.4) is 0 Å². The van der Waals surface area contributed by atoms with Gasteiger partial charge < -0.3 is 0 Å². The fraction of sp³-hybridized carbons (Fsp3) is 0.211. The summed E-state index contributed by atoms with van der Waals surface area (Å²) in [4.78, 5) is 33.7. The standard InChI is InChI=1S/C38H38O4/c39-37(29-17-5-15-27-35(31-19-7-1-8-20-31)32-21-9-2-10-22-32)41-42-38(40)30-18-6-16-28-36(33-23-11-3-12-24-33)34-25-13-4-14-26-34/h1-4,7-14,19-28H,5-6,15-18,29-30H2. The van der Waals surface area contributed by atoms with Crippen molar-refractivity contribution in [2.75, 3.05) is 0 Å². The number of carbonyl (C=O) groups excluding carboxylic acids is 2. The summed E-state index contributed by atoms with van der Waals surface area (Å²) < 4.78 is 0. The predicted octanol–water partition coefficient (Wildman–Crippen LogP) is 9.37. The Morgan fingerprint density at radius 2 is 0.714 bits per heavy atom. The Morgan fingerprint density at radius 3 is 1.00 bits per heavy atom. The second-order valence-electron chi connectivity index (χ2n) is 10.1. The van der Waals surface area contributed by atoms with Crippen molar-refractivity contribution in [1.29, 1.82) is 0 Å². The lowest BCUT2D eigenvalue weighted by molar-refractivity contribution is -0.259. The maximum Gasteiger partial charge on any atom is 0.355 e. The Morgan fingerprint density at radius 1 is 0.429 bits per heavy atom. The number of hydrogen-bond acceptors (Lipinski definition) is 4. The molecule has 4 aromatic rings. The molecule has 0 atom stereocenters. The molecular weight excluding hydrogens is 520 g/mol. The highest BCUT2D eigenvalue weighted by molar-refractivity contribution is 5.80. The zero-order chi connectivity index (χ0) is 29.2. The smallest absolute Gasteiger partial charge is 0.247 e. The van der Waals surface area contributed by atoms with Gasteiger partial charge in [0.05, 0.1) is 12.8 Å². The molecule has 4 heteroatoms. The molecule has 0 radical (unpaired) electrons. The maximum absolute atomic E-state index is 12.1. The van der Waals surface area contributed by atoms with Crippen LogP contribution in [-0.4, -0.2) is 11.9 Å². The van der Waals surface area contributed by atoms with E-state index in [0.29, 0.717) is 12.8 Å². The van der Waals surface area contributed by atoms with Crippen LogP contribution in [-0.2, 0) is 19.4 Å². The summed E-state index contributed by atoms with van der Waals surface area (Å²) in [6.45, 7) is 0. The van der Waals surface area contributed by atoms with E-state index in [9.17, 15) is 9.59 Å². The Hall–Kier alpha value is -4.70. The lowest BCUT2D eigenvalue weighted by Gasteiger charge is -2.09. The van der Waals surface area contributed by atoms with Crippen molar-refractivity contribution in [3.8, 4) is 0 Å². The molecule has 0 saturated carbocycles. The van der Waals surface area contributed by atoms with Gasteiger partial charge in [0.15, 0.2) is 0 Å². The van der Waals surface area contributed by atoms with E-state index in [1.807, 2.05) is 72.8 Å². The van der Waals surface area contributed by atoms with Crippen molar-refractivity contribution in [2.45, 2.75) is 51.4 Å². The van der Waals surface area contributed by atoms with Gasteiger partial charge in [-0.15, -0.1) is 0 Å². The average molecular weight is 559 g/mol. The summed E-state index contributed by atoms with van der Waals surface area (Å²) in [5.74, 6) is -1.03. The van der Waals surface area contributed by atoms with Gasteiger partial charge in [0.1, 0.15) is 0 Å². The summed E-state index contributed by atoms with van der Waals surface area (Å²) in [5, 5.41) is 0. The second kappa shape index (κ2) is 17.2. The maximum atomic E-state index is 12.1. The molecule has 0 unspecified atom stereocenters. The first kappa shape index (κ1) is 30.3. The van der Waals surface area contributed by atoms with E-state index in [1.54, 1.807) is 0 Å². The summed E-state index contributed by atoms with van der Waals surface area (Å²) in [5.41, 5.74) is 7.02. The molecule has 214 valence electrons. The molecule has 42 heavy (non-hydrogen) atoms. The highest BCUT2D eigenvalue weighted by Crippen LogP contribution is 2.25. The van der Waals surface area contributed by atoms with Gasteiger partial charge >= 0.3 is 11.9 Å². The summed E-state index contributed by atoms with van der Waals surface area (Å²) in [6.07, 6.45) is 9.47. The number of unbranched alkanes of at least 4 members (excludes halogenated alkanes) is 4. The van der Waals surface area contributed by atoms with Crippen LogP contribution >= 0.6 is 0 Å². The van der Waals surface area contributed by atoms with Gasteiger partial charge in [-0.1, -0.05) is 133 Å². The fourth-order valence-electron chi connectivity index (χ4n) is 4.77. The van der Waals surface area contributed by atoms with Crippen molar-refractivity contribution in [1.82, 2.24) is 0 Å². The third-order valence-electron chi connectivity index (χ3n) is 6.93. The number of benzene rings is 4. The monoisotopic (exact) mass is 558 g/mol. The predicted molar refractivity (Wildman–Crippen MR) is 169 cm³/mol. The van der Waals surface area contributed by atoms with Crippen LogP contribution in [0.2, 0.25) is 0 Å². The van der Waals surface area contributed by atoms with Gasteiger partial charge in [-0.3, -0.25) is 0 Å². The average Bonchev–Trinajstić information content (AvgIpc) is 3.05. The van der Waals surface area contributed by atoms with Crippen LogP contribution in [0.4, 0.5) is 0 Å². The molecule has 4 aromatic carbocycles. The zero-order valence-corrected chi connectivity index (χ0v) is 24.0. The Kier molecular flexibility index (Phi) is 12.4. The second-order valence-corrected chi connectivity index (χ2v) is 10.1. The van der Waals surface area contributed by atoms with Crippen molar-refractivity contribution in [2.24, 2.45) is 0 Å². The molecule has 4 nitrogen and oxygen atoms in total. The third-order valence-corrected chi connectivity index (χ3v) is 6.93. The Balaban J connectivity index is 1.13. The van der Waals surface area contributed by atoms with Crippen molar-refractivity contribution >= 4 is 23.1 Å². The van der Waals surface area contributed by atoms with Gasteiger partial charge in [-0.2, -0.15) is 0 Å². The lowest BCUT2D eigenvalue weighted by Crippen LogP contribution is -2.11. The van der Waals surface area contributed by atoms with E-state index in [4.69, 9.17) is 9.78 Å². The molecule has 0 bridgehead atoms. The number of rotatable bonds is 14. The van der Waals surface area contributed by atoms with Gasteiger partial charge in [0, 0.05) is 0 Å². The fourth-order valence-corrected chi connectivity index (χ4v) is 4.77. The van der Waals surface area contributed by atoms with Crippen LogP contribution in [0.5, 0.6) is 0 Å². The minimum Gasteiger partial charge on any atom is -0.247 e. The molecule has 0 aromatic heterocycles. The zero-order valence-electron chi connectivity index (χ0n) is 24.0. The van der Waals surface area contributed by atoms with Crippen LogP contribution < -0.4 is 0 Å². The molecule has 0 aliphatic heterocycles. The van der Waals surface area contributed by atoms with E-state index in [2.05, 4.69) is 60.7 Å². The van der Waals surface area contributed by atoms with Crippen LogP contribution in [0.15, 0.2) is 133 Å². The number of carbonyl (C=O) groups is 2. The topological polar surface area (TPSA) is 52.6 Å². The van der Waals surface area contributed by atoms with Crippen molar-refractivity contribution in [3.05, 3.63) is 156 Å². The quantitative estimate of drug-likeness (QED) is 0.0879. The highest BCUT2D eigenvalue weighted by Gasteiger charge is 2.10. The van der Waals surface area contributed by atoms with E-state index in [1.165, 1.54) is 33.4 Å². The van der Waals surface area contributed by atoms with Gasteiger partial charge in [0.2, 0.25) is 0 Å². The molecular formula is C38H38O4. The molecule has 4 rings (SSSR count). The summed E-state index contributed by atoms with van der Waals surface area (Å²) in [7, 11) is 0. The number of allylic oxidation sites excluding steroid dienone is 2. The SMILES string of the molecule is O=C(CCCCC=C(c1ccccc1)c1ccccc1)OOC(=O)CCCCC=C(c1ccccc1)c1ccccc1. The molecule has 0 heterocycles. The first-order valence-electron chi connectivity index (χ1n) is 14.7. The van der Waals surface area contributed by atoms with E-state index >= 15 is 0 Å². The van der Waals surface area contributed by atoms with Gasteiger partial charge in [-0.05, 0) is 71.9 Å². The molecule has 0 saturated heterocycles. The summed E-state index contributed by atoms with van der Waals surface area (Å²) >= 11 is 0. The lowest BCUT2D eigenvalue weighted by atomic mass is 9.96. The van der Waals surface area contributed by atoms with E-state index in [-0.39, 0.29) is 12.8 Å². The first-order valence-corrected chi connectivity index (χ1v) is 14.7. The highest BCUT2D eigenvalue weighted by atomic mass is 17.2. The van der Waals surface area contributed by atoms with E-state index < -0.39 is 11.9 Å². The van der Waals surface area contributed by atoms with Crippen LogP contribution in [0, 0.1) is 0 Å². The van der Waals surface area contributed by atoms with Crippen LogP contribution in [0.1, 0.15) is 73.6 Å². The van der Waals surface area contributed by atoms with Crippen LogP contribution in [0.25, 0.3) is 11.1 Å². The summed E-state index contributed by atoms with van der Waals surface area (Å²) in [6, 6.07) is 41.2. The van der Waals surface area contributed by atoms with E-state index in [0.717, 1.165) is 25.7 Å². The van der Waals surface area contributed by atoms with Crippen molar-refractivity contribution in [3.63, 3.8) is 0 Å². The molecule has 0 amide bonds. The Labute approximate surface area is 249 Å². The Bertz CT molecular complexity index is 1230. The molecule has 0 aliphatic rings. The minimum absolute atomic E-state index is 0.208. The van der Waals surface area contributed by atoms with Gasteiger partial charge in [-0.25, -0.2) is 19.4 Å².